The molecule has 0 bridgehead atoms. The van der Waals surface area contributed by atoms with Crippen molar-refractivity contribution in [2.24, 2.45) is 0 Å². The van der Waals surface area contributed by atoms with E-state index >= 15 is 0 Å². The van der Waals surface area contributed by atoms with Crippen LogP contribution in [0.5, 0.6) is 0 Å². The number of benzene rings is 1. The van der Waals surface area contributed by atoms with Crippen LogP contribution in [0.25, 0.3) is 0 Å². The number of anilines is 1. The van der Waals surface area contributed by atoms with Crippen LogP contribution in [-0.2, 0) is 4.74 Å². The zero-order valence-corrected chi connectivity index (χ0v) is 8.17. The summed E-state index contributed by atoms with van der Waals surface area (Å²) < 4.78 is 6.09. The molecule has 1 fully saturated rings. The Bertz CT molecular complexity index is 297. The fourth-order valence-electron chi connectivity index (χ4n) is 1.23. The SMILES string of the molecule is Nc1ccc(C2COC2)cc1Br. The summed E-state index contributed by atoms with van der Waals surface area (Å²) in [5, 5.41) is 0. The van der Waals surface area contributed by atoms with Gasteiger partial charge in [0.05, 0.1) is 13.2 Å². The van der Waals surface area contributed by atoms with Crippen molar-refractivity contribution in [3.8, 4) is 0 Å². The molecule has 1 heterocycles. The first-order chi connectivity index (χ1) is 5.77. The number of nitrogen functional groups attached to an aromatic ring is 1. The Balaban J connectivity index is 2.27. The van der Waals surface area contributed by atoms with Crippen LogP contribution in [0.4, 0.5) is 5.69 Å². The van der Waals surface area contributed by atoms with Gasteiger partial charge in [0.2, 0.25) is 0 Å². The highest BCUT2D eigenvalue weighted by atomic mass is 79.9. The molecule has 0 aromatic heterocycles. The van der Waals surface area contributed by atoms with E-state index in [-0.39, 0.29) is 0 Å². The van der Waals surface area contributed by atoms with Gasteiger partial charge in [-0.2, -0.15) is 0 Å². The van der Waals surface area contributed by atoms with Crippen LogP contribution in [0.1, 0.15) is 11.5 Å². The van der Waals surface area contributed by atoms with Gasteiger partial charge in [-0.05, 0) is 33.6 Å². The van der Waals surface area contributed by atoms with Crippen LogP contribution in [0.2, 0.25) is 0 Å². The molecule has 0 saturated carbocycles. The predicted molar refractivity (Wildman–Crippen MR) is 52.1 cm³/mol. The maximum atomic E-state index is 5.67. The summed E-state index contributed by atoms with van der Waals surface area (Å²) in [7, 11) is 0. The summed E-state index contributed by atoms with van der Waals surface area (Å²) in [5.74, 6) is 0.571. The van der Waals surface area contributed by atoms with Crippen molar-refractivity contribution in [2.75, 3.05) is 18.9 Å². The molecular formula is C9H10BrNO. The molecule has 1 aromatic carbocycles. The van der Waals surface area contributed by atoms with Crippen LogP contribution in [0.3, 0.4) is 0 Å². The predicted octanol–water partition coefficient (Wildman–Crippen LogP) is 2.15. The number of nitrogens with two attached hydrogens (primary N) is 1. The molecule has 0 amide bonds. The molecule has 0 unspecified atom stereocenters. The molecular weight excluding hydrogens is 218 g/mol. The van der Waals surface area contributed by atoms with Crippen molar-refractivity contribution in [1.29, 1.82) is 0 Å². The first-order valence-electron chi connectivity index (χ1n) is 3.90. The lowest BCUT2D eigenvalue weighted by Crippen LogP contribution is -2.24. The summed E-state index contributed by atoms with van der Waals surface area (Å²) in [6.45, 7) is 1.69. The Morgan fingerprint density at radius 1 is 1.42 bits per heavy atom. The zero-order valence-electron chi connectivity index (χ0n) is 6.59. The topological polar surface area (TPSA) is 35.2 Å². The van der Waals surface area contributed by atoms with Crippen LogP contribution in [-0.4, -0.2) is 13.2 Å². The largest absolute Gasteiger partial charge is 0.398 e. The van der Waals surface area contributed by atoms with E-state index in [1.807, 2.05) is 6.07 Å². The smallest absolute Gasteiger partial charge is 0.0557 e. The van der Waals surface area contributed by atoms with E-state index in [0.29, 0.717) is 5.92 Å². The molecule has 0 spiro atoms. The second-order valence-corrected chi connectivity index (χ2v) is 3.87. The van der Waals surface area contributed by atoms with Crippen LogP contribution < -0.4 is 5.73 Å². The molecule has 0 radical (unpaired) electrons. The van der Waals surface area contributed by atoms with Gasteiger partial charge < -0.3 is 10.5 Å². The van der Waals surface area contributed by atoms with Gasteiger partial charge in [0.1, 0.15) is 0 Å². The van der Waals surface area contributed by atoms with Gasteiger partial charge in [-0.25, -0.2) is 0 Å². The molecule has 64 valence electrons. The number of hydrogen-bond donors (Lipinski definition) is 1. The van der Waals surface area contributed by atoms with E-state index in [9.17, 15) is 0 Å². The molecule has 2 nitrogen and oxygen atoms in total. The Morgan fingerprint density at radius 3 is 2.67 bits per heavy atom. The minimum Gasteiger partial charge on any atom is -0.398 e. The molecule has 2 rings (SSSR count). The molecule has 1 aromatic rings. The third kappa shape index (κ3) is 1.34. The van der Waals surface area contributed by atoms with Crippen molar-refractivity contribution in [3.63, 3.8) is 0 Å². The molecule has 3 heteroatoms. The average molecular weight is 228 g/mol. The monoisotopic (exact) mass is 227 g/mol. The van der Waals surface area contributed by atoms with Gasteiger partial charge in [-0.15, -0.1) is 0 Å². The average Bonchev–Trinajstić information content (AvgIpc) is 1.93. The van der Waals surface area contributed by atoms with Crippen molar-refractivity contribution in [2.45, 2.75) is 5.92 Å². The standard InChI is InChI=1S/C9H10BrNO/c10-8-3-6(1-2-9(8)11)7-4-12-5-7/h1-3,7H,4-5,11H2. The van der Waals surface area contributed by atoms with E-state index < -0.39 is 0 Å². The molecule has 2 N–H and O–H groups in total. The minimum absolute atomic E-state index is 0.571. The van der Waals surface area contributed by atoms with Gasteiger partial charge >= 0.3 is 0 Å². The van der Waals surface area contributed by atoms with E-state index in [4.69, 9.17) is 10.5 Å². The molecule has 1 aliphatic rings. The molecule has 0 atom stereocenters. The number of rotatable bonds is 1. The van der Waals surface area contributed by atoms with E-state index in [1.165, 1.54) is 5.56 Å². The van der Waals surface area contributed by atoms with Gasteiger partial charge in [0, 0.05) is 16.1 Å². The van der Waals surface area contributed by atoms with Crippen molar-refractivity contribution in [1.82, 2.24) is 0 Å². The highest BCUT2D eigenvalue weighted by Gasteiger charge is 2.20. The van der Waals surface area contributed by atoms with E-state index in [1.54, 1.807) is 0 Å². The summed E-state index contributed by atoms with van der Waals surface area (Å²) in [5.41, 5.74) is 7.77. The van der Waals surface area contributed by atoms with Crippen molar-refractivity contribution >= 4 is 21.6 Å². The van der Waals surface area contributed by atoms with Gasteiger partial charge in [0.15, 0.2) is 0 Å². The van der Waals surface area contributed by atoms with Crippen LogP contribution >= 0.6 is 15.9 Å². The second-order valence-electron chi connectivity index (χ2n) is 3.02. The fourth-order valence-corrected chi connectivity index (χ4v) is 1.62. The first-order valence-corrected chi connectivity index (χ1v) is 4.69. The Kier molecular flexibility index (Phi) is 2.07. The summed E-state index contributed by atoms with van der Waals surface area (Å²) in [4.78, 5) is 0. The van der Waals surface area contributed by atoms with E-state index in [2.05, 4.69) is 28.1 Å². The third-order valence-electron chi connectivity index (χ3n) is 2.13. The third-order valence-corrected chi connectivity index (χ3v) is 2.82. The van der Waals surface area contributed by atoms with Crippen LogP contribution in [0.15, 0.2) is 22.7 Å². The molecule has 12 heavy (non-hydrogen) atoms. The summed E-state index contributed by atoms with van der Waals surface area (Å²) in [6.07, 6.45) is 0. The molecule has 0 aliphatic carbocycles. The number of ether oxygens (including phenoxy) is 1. The highest BCUT2D eigenvalue weighted by molar-refractivity contribution is 9.10. The Labute approximate surface area is 79.8 Å². The summed E-state index contributed by atoms with van der Waals surface area (Å²) >= 11 is 3.40. The highest BCUT2D eigenvalue weighted by Crippen LogP contribution is 2.28. The van der Waals surface area contributed by atoms with E-state index in [0.717, 1.165) is 23.4 Å². The Morgan fingerprint density at radius 2 is 2.17 bits per heavy atom. The zero-order chi connectivity index (χ0) is 8.55. The fraction of sp³-hybridized carbons (Fsp3) is 0.333. The van der Waals surface area contributed by atoms with Gasteiger partial charge in [-0.3, -0.25) is 0 Å². The lowest BCUT2D eigenvalue weighted by molar-refractivity contribution is 0.00841. The van der Waals surface area contributed by atoms with Crippen molar-refractivity contribution in [3.05, 3.63) is 28.2 Å². The number of halogens is 1. The summed E-state index contributed by atoms with van der Waals surface area (Å²) in [6, 6.07) is 6.06. The van der Waals surface area contributed by atoms with Gasteiger partial charge in [-0.1, -0.05) is 6.07 Å². The maximum Gasteiger partial charge on any atom is 0.0557 e. The molecule has 1 aliphatic heterocycles. The quantitative estimate of drug-likeness (QED) is 0.747. The lowest BCUT2D eigenvalue weighted by atomic mass is 9.98. The normalized spacial score (nSPS) is 17.4. The van der Waals surface area contributed by atoms with Gasteiger partial charge in [0.25, 0.3) is 0 Å². The lowest BCUT2D eigenvalue weighted by Gasteiger charge is -2.26. The number of hydrogen-bond acceptors (Lipinski definition) is 2. The maximum absolute atomic E-state index is 5.67. The van der Waals surface area contributed by atoms with Crippen molar-refractivity contribution < 1.29 is 4.74 Å². The first kappa shape index (κ1) is 8.08. The van der Waals surface area contributed by atoms with Crippen LogP contribution in [0, 0.1) is 0 Å². The Hall–Kier alpha value is -0.540. The molecule has 1 saturated heterocycles. The minimum atomic E-state index is 0.571. The second kappa shape index (κ2) is 3.07.